The lowest BCUT2D eigenvalue weighted by Crippen LogP contribution is -2.36. The Labute approximate surface area is 159 Å². The van der Waals surface area contributed by atoms with Crippen LogP contribution < -0.4 is 27.2 Å². The average Bonchev–Trinajstić information content (AvgIpc) is 3.16. The maximum Gasteiger partial charge on any atom is 0.109 e. The second kappa shape index (κ2) is 7.54. The molecule has 1 aromatic heterocycles. The lowest BCUT2D eigenvalue weighted by Gasteiger charge is -2.10. The van der Waals surface area contributed by atoms with Crippen molar-refractivity contribution in [2.24, 2.45) is 11.5 Å². The Balaban J connectivity index is 1.71. The van der Waals surface area contributed by atoms with Gasteiger partial charge in [-0.1, -0.05) is 30.3 Å². The zero-order valence-electron chi connectivity index (χ0n) is 15.3. The second-order valence-corrected chi connectivity index (χ2v) is 6.98. The Morgan fingerprint density at radius 3 is 2.44 bits per heavy atom. The summed E-state index contributed by atoms with van der Waals surface area (Å²) in [4.78, 5) is 4.06. The van der Waals surface area contributed by atoms with E-state index in [0.717, 1.165) is 33.8 Å². The topological polar surface area (TPSA) is 77.0 Å². The highest BCUT2D eigenvalue weighted by Gasteiger charge is 2.11. The molecule has 27 heavy (non-hydrogen) atoms. The van der Waals surface area contributed by atoms with Gasteiger partial charge in [0.15, 0.2) is 0 Å². The number of benzene rings is 2. The zero-order valence-corrected chi connectivity index (χ0v) is 15.3. The molecule has 1 aliphatic rings. The van der Waals surface area contributed by atoms with Crippen LogP contribution >= 0.6 is 0 Å². The molecule has 136 valence electrons. The Hall–Kier alpha value is -3.27. The molecular weight excluding hydrogens is 332 g/mol. The molecule has 0 saturated carbocycles. The lowest BCUT2D eigenvalue weighted by atomic mass is 10.1. The van der Waals surface area contributed by atoms with Gasteiger partial charge < -0.3 is 16.8 Å². The van der Waals surface area contributed by atoms with Crippen LogP contribution in [-0.4, -0.2) is 4.98 Å². The van der Waals surface area contributed by atoms with E-state index >= 15 is 0 Å². The molecule has 0 atom stereocenters. The first-order valence-electron chi connectivity index (χ1n) is 9.32. The first-order valence-corrected chi connectivity index (χ1v) is 9.32. The molecule has 0 unspecified atom stereocenters. The van der Waals surface area contributed by atoms with E-state index in [4.69, 9.17) is 11.5 Å². The van der Waals surface area contributed by atoms with Crippen LogP contribution in [0.1, 0.15) is 23.1 Å². The number of nitrogens with one attached hydrogen (secondary N) is 1. The van der Waals surface area contributed by atoms with Crippen LogP contribution in [0.5, 0.6) is 0 Å². The van der Waals surface area contributed by atoms with Crippen molar-refractivity contribution in [1.29, 1.82) is 0 Å². The summed E-state index contributed by atoms with van der Waals surface area (Å²) in [5.41, 5.74) is 18.7. The van der Waals surface area contributed by atoms with Crippen LogP contribution in [0.25, 0.3) is 11.5 Å². The van der Waals surface area contributed by atoms with Gasteiger partial charge in [-0.15, -0.1) is 0 Å². The fourth-order valence-electron chi connectivity index (χ4n) is 3.69. The molecule has 4 heteroatoms. The van der Waals surface area contributed by atoms with E-state index in [2.05, 4.69) is 28.5 Å². The summed E-state index contributed by atoms with van der Waals surface area (Å²) in [6.07, 6.45) is 7.79. The summed E-state index contributed by atoms with van der Waals surface area (Å²) >= 11 is 0. The minimum absolute atomic E-state index is 0.612. The number of fused-ring (bicyclic) bond motifs is 1. The summed E-state index contributed by atoms with van der Waals surface area (Å²) in [5, 5.41) is 5.24. The summed E-state index contributed by atoms with van der Waals surface area (Å²) in [7, 11) is 0. The van der Waals surface area contributed by atoms with E-state index in [1.54, 1.807) is 12.4 Å². The molecule has 0 aliphatic heterocycles. The lowest BCUT2D eigenvalue weighted by molar-refractivity contribution is 0.912. The van der Waals surface area contributed by atoms with E-state index in [1.807, 2.05) is 36.4 Å². The van der Waals surface area contributed by atoms with Gasteiger partial charge in [0.25, 0.3) is 0 Å². The Kier molecular flexibility index (Phi) is 4.79. The largest absolute Gasteiger partial charge is 0.401 e. The zero-order chi connectivity index (χ0) is 18.6. The van der Waals surface area contributed by atoms with E-state index in [9.17, 15) is 0 Å². The van der Waals surface area contributed by atoms with E-state index in [1.165, 1.54) is 24.0 Å². The van der Waals surface area contributed by atoms with Crippen molar-refractivity contribution in [3.8, 4) is 0 Å². The standard InChI is InChI=1S/C23H24N4/c24-22(14-16-10-12-26-13-11-16)20-6-1-2-7-21(20)23(25)27-19-9-8-17-4-3-5-18(17)15-19/h1-2,6-13,15,27H,3-5,14,24-25H2/b22-20-,23-21+. The van der Waals surface area contributed by atoms with Gasteiger partial charge in [0.2, 0.25) is 0 Å². The van der Waals surface area contributed by atoms with Crippen LogP contribution in [-0.2, 0) is 19.3 Å². The Morgan fingerprint density at radius 2 is 1.63 bits per heavy atom. The molecule has 1 aliphatic carbocycles. The number of rotatable bonds is 4. The molecule has 0 saturated heterocycles. The number of hydrogen-bond donors (Lipinski definition) is 3. The Morgan fingerprint density at radius 1 is 0.889 bits per heavy atom. The fraction of sp³-hybridized carbons (Fsp3) is 0.174. The smallest absolute Gasteiger partial charge is 0.109 e. The minimum Gasteiger partial charge on any atom is -0.401 e. The third kappa shape index (κ3) is 3.80. The first kappa shape index (κ1) is 17.2. The van der Waals surface area contributed by atoms with Gasteiger partial charge >= 0.3 is 0 Å². The molecule has 0 fully saturated rings. The number of pyridine rings is 1. The molecule has 4 rings (SSSR count). The van der Waals surface area contributed by atoms with Crippen molar-refractivity contribution < 1.29 is 0 Å². The van der Waals surface area contributed by atoms with Gasteiger partial charge in [-0.2, -0.15) is 0 Å². The third-order valence-electron chi connectivity index (χ3n) is 5.08. The van der Waals surface area contributed by atoms with Crippen LogP contribution in [0.15, 0.2) is 67.0 Å². The minimum atomic E-state index is 0.612. The molecule has 5 N–H and O–H groups in total. The van der Waals surface area contributed by atoms with Gasteiger partial charge in [-0.3, -0.25) is 4.98 Å². The molecular formula is C23H24N4. The normalized spacial score (nSPS) is 15.1. The molecule has 1 heterocycles. The number of nitrogens with zero attached hydrogens (tertiary/aromatic N) is 1. The fourth-order valence-corrected chi connectivity index (χ4v) is 3.69. The van der Waals surface area contributed by atoms with Crippen molar-refractivity contribution in [1.82, 2.24) is 4.98 Å². The van der Waals surface area contributed by atoms with Gasteiger partial charge in [-0.25, -0.2) is 0 Å². The molecule has 3 aromatic rings. The average molecular weight is 356 g/mol. The second-order valence-electron chi connectivity index (χ2n) is 6.98. The predicted octanol–water partition coefficient (Wildman–Crippen LogP) is 2.02. The van der Waals surface area contributed by atoms with Crippen LogP contribution in [0, 0.1) is 0 Å². The van der Waals surface area contributed by atoms with Crippen molar-refractivity contribution in [2.75, 3.05) is 5.32 Å². The van der Waals surface area contributed by atoms with Crippen molar-refractivity contribution in [3.05, 3.63) is 94.1 Å². The van der Waals surface area contributed by atoms with Gasteiger partial charge in [-0.05, 0) is 60.2 Å². The van der Waals surface area contributed by atoms with Gasteiger partial charge in [0.05, 0.1) is 0 Å². The van der Waals surface area contributed by atoms with Crippen molar-refractivity contribution in [2.45, 2.75) is 25.7 Å². The maximum atomic E-state index is 6.43. The highest BCUT2D eigenvalue weighted by Crippen LogP contribution is 2.25. The van der Waals surface area contributed by atoms with E-state index in [-0.39, 0.29) is 0 Å². The van der Waals surface area contributed by atoms with Gasteiger partial charge in [0.1, 0.15) is 5.82 Å². The van der Waals surface area contributed by atoms with E-state index < -0.39 is 0 Å². The molecule has 2 aromatic carbocycles. The summed E-state index contributed by atoms with van der Waals surface area (Å²) in [5.74, 6) is 0.612. The SMILES string of the molecule is N/C(Cc1ccncc1)=c1/cccc/c1=C(/N)Nc1ccc2c(c1)CCC2. The number of aromatic nitrogens is 1. The monoisotopic (exact) mass is 356 g/mol. The molecule has 0 radical (unpaired) electrons. The number of hydrogen-bond acceptors (Lipinski definition) is 4. The van der Waals surface area contributed by atoms with Crippen LogP contribution in [0.4, 0.5) is 5.69 Å². The van der Waals surface area contributed by atoms with Crippen LogP contribution in [0.2, 0.25) is 0 Å². The summed E-state index contributed by atoms with van der Waals surface area (Å²) < 4.78 is 0. The van der Waals surface area contributed by atoms with Crippen molar-refractivity contribution in [3.63, 3.8) is 0 Å². The van der Waals surface area contributed by atoms with Crippen molar-refractivity contribution >= 4 is 17.2 Å². The van der Waals surface area contributed by atoms with Gasteiger partial charge in [0, 0.05) is 40.6 Å². The van der Waals surface area contributed by atoms with E-state index in [0.29, 0.717) is 12.2 Å². The quantitative estimate of drug-likeness (QED) is 0.668. The summed E-state index contributed by atoms with van der Waals surface area (Å²) in [6, 6.07) is 18.5. The molecule has 0 spiro atoms. The number of nitrogens with two attached hydrogens (primary N) is 2. The number of aryl methyl sites for hydroxylation is 2. The van der Waals surface area contributed by atoms with Crippen LogP contribution in [0.3, 0.4) is 0 Å². The molecule has 4 nitrogen and oxygen atoms in total. The summed E-state index contributed by atoms with van der Waals surface area (Å²) in [6.45, 7) is 0. The Bertz CT molecular complexity index is 1070. The highest BCUT2D eigenvalue weighted by atomic mass is 15.0. The molecule has 0 amide bonds. The predicted molar refractivity (Wildman–Crippen MR) is 111 cm³/mol. The highest BCUT2D eigenvalue weighted by molar-refractivity contribution is 5.64. The third-order valence-corrected chi connectivity index (χ3v) is 5.08. The maximum absolute atomic E-state index is 6.43. The first-order chi connectivity index (χ1) is 13.2. The number of anilines is 1. The molecule has 0 bridgehead atoms.